The minimum absolute atomic E-state index is 0.353. The first-order valence-corrected chi connectivity index (χ1v) is 13.1. The Bertz CT molecular complexity index is 767. The zero-order chi connectivity index (χ0) is 19.2. The summed E-state index contributed by atoms with van der Waals surface area (Å²) in [6, 6.07) is 5.29. The van der Waals surface area contributed by atoms with Gasteiger partial charge in [-0.25, -0.2) is 0 Å². The number of pyridine rings is 1. The third-order valence-corrected chi connectivity index (χ3v) is 7.10. The molecule has 7 heteroatoms. The molecule has 1 fully saturated rings. The maximum Gasteiger partial charge on any atom is 0.496 e. The molecule has 1 saturated heterocycles. The molecular weight excluding hydrogens is 343 g/mol. The molecule has 2 aromatic rings. The molecule has 0 bridgehead atoms. The van der Waals surface area contributed by atoms with E-state index in [1.165, 1.54) is 6.04 Å². The topological polar surface area (TPSA) is 45.5 Å². The summed E-state index contributed by atoms with van der Waals surface area (Å²) in [4.78, 5) is 4.58. The van der Waals surface area contributed by atoms with Gasteiger partial charge in [0, 0.05) is 32.5 Å². The van der Waals surface area contributed by atoms with Crippen LogP contribution in [0.15, 0.2) is 24.5 Å². The molecule has 1 aliphatic heterocycles. The Morgan fingerprint density at radius 3 is 2.42 bits per heavy atom. The van der Waals surface area contributed by atoms with Gasteiger partial charge in [0.1, 0.15) is 6.73 Å². The number of aromatic nitrogens is 2. The van der Waals surface area contributed by atoms with E-state index in [2.05, 4.69) is 63.0 Å². The van der Waals surface area contributed by atoms with Crippen molar-refractivity contribution in [2.45, 2.75) is 71.3 Å². The summed E-state index contributed by atoms with van der Waals surface area (Å²) < 4.78 is 20.3. The maximum atomic E-state index is 6.15. The van der Waals surface area contributed by atoms with Crippen LogP contribution in [0.25, 0.3) is 11.0 Å². The molecule has 0 aromatic carbocycles. The van der Waals surface area contributed by atoms with Crippen LogP contribution in [0.5, 0.6) is 0 Å². The third-order valence-electron chi connectivity index (χ3n) is 5.39. The molecule has 3 heterocycles. The summed E-state index contributed by atoms with van der Waals surface area (Å²) in [5.41, 5.74) is 2.24. The van der Waals surface area contributed by atoms with Gasteiger partial charge in [-0.1, -0.05) is 19.6 Å². The molecule has 0 spiro atoms. The van der Waals surface area contributed by atoms with E-state index in [9.17, 15) is 0 Å². The zero-order valence-electron chi connectivity index (χ0n) is 17.1. The summed E-state index contributed by atoms with van der Waals surface area (Å²) in [5.74, 6) is 0. The highest BCUT2D eigenvalue weighted by molar-refractivity contribution is 6.76. The van der Waals surface area contributed by atoms with Crippen LogP contribution in [0, 0.1) is 0 Å². The van der Waals surface area contributed by atoms with E-state index in [1.54, 1.807) is 0 Å². The van der Waals surface area contributed by atoms with Crippen LogP contribution in [-0.2, 0) is 20.8 Å². The lowest BCUT2D eigenvalue weighted by molar-refractivity contribution is 0.00578. The molecule has 3 rings (SSSR count). The second kappa shape index (κ2) is 6.78. The molecule has 142 valence electrons. The predicted octanol–water partition coefficient (Wildman–Crippen LogP) is 3.65. The highest BCUT2D eigenvalue weighted by Crippen LogP contribution is 2.36. The van der Waals surface area contributed by atoms with Crippen molar-refractivity contribution in [1.29, 1.82) is 0 Å². The lowest BCUT2D eigenvalue weighted by Gasteiger charge is -2.32. The number of hydrogen-bond acceptors (Lipinski definition) is 4. The monoisotopic (exact) mass is 374 g/mol. The Hall–Kier alpha value is -1.15. The fourth-order valence-electron chi connectivity index (χ4n) is 2.84. The van der Waals surface area contributed by atoms with Crippen LogP contribution in [-0.4, -0.2) is 42.6 Å². The summed E-state index contributed by atoms with van der Waals surface area (Å²) in [7, 11) is -1.46. The molecule has 2 aromatic heterocycles. The average molecular weight is 374 g/mol. The van der Waals surface area contributed by atoms with E-state index in [1.807, 2.05) is 18.5 Å². The number of fused-ring (bicyclic) bond motifs is 1. The van der Waals surface area contributed by atoms with Gasteiger partial charge >= 0.3 is 7.12 Å². The summed E-state index contributed by atoms with van der Waals surface area (Å²) >= 11 is 0. The molecule has 26 heavy (non-hydrogen) atoms. The van der Waals surface area contributed by atoms with Crippen molar-refractivity contribution < 1.29 is 14.0 Å². The van der Waals surface area contributed by atoms with Crippen LogP contribution in [0.3, 0.4) is 0 Å². The van der Waals surface area contributed by atoms with E-state index < -0.39 is 15.2 Å². The van der Waals surface area contributed by atoms with Gasteiger partial charge in [0.2, 0.25) is 0 Å². The van der Waals surface area contributed by atoms with Crippen molar-refractivity contribution in [3.05, 3.63) is 24.5 Å². The van der Waals surface area contributed by atoms with Crippen LogP contribution in [0.4, 0.5) is 0 Å². The molecule has 0 aliphatic carbocycles. The Kier molecular flexibility index (Phi) is 5.12. The minimum Gasteiger partial charge on any atom is -0.399 e. The molecule has 0 radical (unpaired) electrons. The predicted molar refractivity (Wildman–Crippen MR) is 110 cm³/mol. The number of rotatable bonds is 6. The molecule has 5 nitrogen and oxygen atoms in total. The standard InChI is InChI=1S/C19H31BN2O3Si/c1-18(2)19(3,4)25-20(24-18)15-12-17-16(21-13-15)8-9-22(17)14-23-10-11-26(5,6)7/h8-9,12-13H,10-11,14H2,1-7H3. The highest BCUT2D eigenvalue weighted by Gasteiger charge is 2.51. The third kappa shape index (κ3) is 4.06. The lowest BCUT2D eigenvalue weighted by Crippen LogP contribution is -2.41. The van der Waals surface area contributed by atoms with Crippen molar-refractivity contribution in [3.63, 3.8) is 0 Å². The summed E-state index contributed by atoms with van der Waals surface area (Å²) in [5, 5.41) is 0. The first-order valence-electron chi connectivity index (χ1n) is 9.37. The highest BCUT2D eigenvalue weighted by atomic mass is 28.3. The fourth-order valence-corrected chi connectivity index (χ4v) is 3.60. The van der Waals surface area contributed by atoms with E-state index >= 15 is 0 Å². The molecule has 0 unspecified atom stereocenters. The van der Waals surface area contributed by atoms with Crippen LogP contribution in [0.1, 0.15) is 27.7 Å². The number of ether oxygens (including phenoxy) is 1. The normalized spacial score (nSPS) is 19.4. The van der Waals surface area contributed by atoms with Crippen molar-refractivity contribution >= 4 is 31.7 Å². The Morgan fingerprint density at radius 1 is 1.15 bits per heavy atom. The Morgan fingerprint density at radius 2 is 1.81 bits per heavy atom. The fraction of sp³-hybridized carbons (Fsp3) is 0.632. The van der Waals surface area contributed by atoms with Gasteiger partial charge in [0.25, 0.3) is 0 Å². The lowest BCUT2D eigenvalue weighted by atomic mass is 9.80. The maximum absolute atomic E-state index is 6.15. The van der Waals surface area contributed by atoms with Gasteiger partial charge < -0.3 is 18.6 Å². The zero-order valence-corrected chi connectivity index (χ0v) is 18.1. The molecule has 1 aliphatic rings. The summed E-state index contributed by atoms with van der Waals surface area (Å²) in [6.45, 7) is 16.7. The quantitative estimate of drug-likeness (QED) is 0.572. The minimum atomic E-state index is -1.07. The van der Waals surface area contributed by atoms with E-state index in [4.69, 9.17) is 14.0 Å². The van der Waals surface area contributed by atoms with Crippen molar-refractivity contribution in [3.8, 4) is 0 Å². The van der Waals surface area contributed by atoms with Gasteiger partial charge in [0.15, 0.2) is 0 Å². The Balaban J connectivity index is 1.74. The van der Waals surface area contributed by atoms with Crippen molar-refractivity contribution in [2.24, 2.45) is 0 Å². The van der Waals surface area contributed by atoms with Gasteiger partial charge in [-0.3, -0.25) is 4.98 Å². The first-order chi connectivity index (χ1) is 12.0. The number of nitrogens with zero attached hydrogens (tertiary/aromatic N) is 2. The molecule has 0 N–H and O–H groups in total. The Labute approximate surface area is 158 Å². The largest absolute Gasteiger partial charge is 0.496 e. The van der Waals surface area contributed by atoms with Crippen LogP contribution in [0.2, 0.25) is 25.7 Å². The second-order valence-corrected chi connectivity index (χ2v) is 15.0. The molecule has 0 saturated carbocycles. The SMILES string of the molecule is CC1(C)OB(c2cnc3ccn(COCC[Si](C)(C)C)c3c2)OC1(C)C. The van der Waals surface area contributed by atoms with E-state index in [0.717, 1.165) is 23.1 Å². The second-order valence-electron chi connectivity index (χ2n) is 9.39. The molecule has 0 amide bonds. The van der Waals surface area contributed by atoms with Gasteiger partial charge in [-0.2, -0.15) is 0 Å². The first kappa shape index (κ1) is 19.6. The van der Waals surface area contributed by atoms with Crippen molar-refractivity contribution in [1.82, 2.24) is 9.55 Å². The van der Waals surface area contributed by atoms with E-state index in [0.29, 0.717) is 6.73 Å². The summed E-state index contributed by atoms with van der Waals surface area (Å²) in [6.07, 6.45) is 3.88. The van der Waals surface area contributed by atoms with Gasteiger partial charge in [-0.05, 0) is 45.9 Å². The van der Waals surface area contributed by atoms with Gasteiger partial charge in [-0.15, -0.1) is 0 Å². The molecule has 0 atom stereocenters. The van der Waals surface area contributed by atoms with Gasteiger partial charge in [0.05, 0.1) is 22.2 Å². The number of hydrogen-bond donors (Lipinski definition) is 0. The van der Waals surface area contributed by atoms with Crippen LogP contribution < -0.4 is 5.46 Å². The van der Waals surface area contributed by atoms with Crippen molar-refractivity contribution in [2.75, 3.05) is 6.61 Å². The van der Waals surface area contributed by atoms with Crippen LogP contribution >= 0.6 is 0 Å². The smallest absolute Gasteiger partial charge is 0.399 e. The molecular formula is C19H31BN2O3Si. The average Bonchev–Trinajstić information content (AvgIpc) is 3.00. The van der Waals surface area contributed by atoms with E-state index in [-0.39, 0.29) is 11.2 Å².